The molecule has 0 aromatic heterocycles. The summed E-state index contributed by atoms with van der Waals surface area (Å²) in [4.78, 5) is 0. The molecule has 0 bridgehead atoms. The summed E-state index contributed by atoms with van der Waals surface area (Å²) in [7, 11) is 0. The molecule has 0 amide bonds. The predicted octanol–water partition coefficient (Wildman–Crippen LogP) is 2.19. The fourth-order valence-corrected chi connectivity index (χ4v) is 4.25. The Balaban J connectivity index is 2.17. The number of aliphatic hydroxyl groups excluding tert-OH is 2. The molecule has 0 unspecified atom stereocenters. The minimum absolute atomic E-state index is 0.0837. The van der Waals surface area contributed by atoms with Crippen LogP contribution in [0.5, 0.6) is 0 Å². The lowest BCUT2D eigenvalue weighted by Crippen LogP contribution is -2.41. The Morgan fingerprint density at radius 1 is 1.33 bits per heavy atom. The Bertz CT molecular complexity index is 229. The van der Waals surface area contributed by atoms with E-state index in [1.165, 1.54) is 12.8 Å². The molecule has 0 radical (unpaired) electrons. The fourth-order valence-electron chi connectivity index (χ4n) is 4.25. The standard InChI is InChI=1S/C13H24O2/c1-9(8-14)10-5-6-11-12(15)4-3-7-13(10,11)2/h9-12,14-15H,3-8H2,1-2H3/t9-,10+,11+,12+,13-/m1/s1. The highest BCUT2D eigenvalue weighted by molar-refractivity contribution is 5.01. The molecule has 0 aromatic rings. The van der Waals surface area contributed by atoms with Gasteiger partial charge in [0.2, 0.25) is 0 Å². The minimum Gasteiger partial charge on any atom is -0.396 e. The number of aliphatic hydroxyl groups is 2. The van der Waals surface area contributed by atoms with E-state index in [0.717, 1.165) is 19.3 Å². The molecule has 0 aliphatic heterocycles. The molecule has 2 aliphatic carbocycles. The first-order chi connectivity index (χ1) is 7.09. The molecule has 2 rings (SSSR count). The van der Waals surface area contributed by atoms with Gasteiger partial charge in [0.25, 0.3) is 0 Å². The monoisotopic (exact) mass is 212 g/mol. The molecule has 15 heavy (non-hydrogen) atoms. The Morgan fingerprint density at radius 2 is 2.07 bits per heavy atom. The molecule has 0 aromatic carbocycles. The molecule has 2 nitrogen and oxygen atoms in total. The third kappa shape index (κ3) is 1.72. The largest absolute Gasteiger partial charge is 0.396 e. The van der Waals surface area contributed by atoms with Crippen LogP contribution in [-0.2, 0) is 0 Å². The zero-order valence-corrected chi connectivity index (χ0v) is 9.95. The first-order valence-electron chi connectivity index (χ1n) is 6.38. The van der Waals surface area contributed by atoms with Crippen molar-refractivity contribution in [3.63, 3.8) is 0 Å². The van der Waals surface area contributed by atoms with Crippen molar-refractivity contribution >= 4 is 0 Å². The Kier molecular flexibility index (Phi) is 3.09. The SMILES string of the molecule is C[C@H](CO)[C@@H]1CC[C@H]2[C@@H](O)CCC[C@]12C. The van der Waals surface area contributed by atoms with Crippen LogP contribution in [0, 0.1) is 23.2 Å². The van der Waals surface area contributed by atoms with Gasteiger partial charge in [-0.3, -0.25) is 0 Å². The van der Waals surface area contributed by atoms with Crippen molar-refractivity contribution in [3.8, 4) is 0 Å². The van der Waals surface area contributed by atoms with E-state index in [1.54, 1.807) is 0 Å². The van der Waals surface area contributed by atoms with Crippen molar-refractivity contribution in [3.05, 3.63) is 0 Å². The lowest BCUT2D eigenvalue weighted by atomic mass is 9.62. The second kappa shape index (κ2) is 4.06. The summed E-state index contributed by atoms with van der Waals surface area (Å²) < 4.78 is 0. The third-order valence-corrected chi connectivity index (χ3v) is 5.14. The van der Waals surface area contributed by atoms with Crippen LogP contribution in [0.1, 0.15) is 46.0 Å². The molecule has 2 heteroatoms. The highest BCUT2D eigenvalue weighted by Crippen LogP contribution is 2.57. The maximum atomic E-state index is 10.1. The highest BCUT2D eigenvalue weighted by atomic mass is 16.3. The van der Waals surface area contributed by atoms with Crippen LogP contribution in [0.25, 0.3) is 0 Å². The van der Waals surface area contributed by atoms with Crippen LogP contribution in [0.3, 0.4) is 0 Å². The van der Waals surface area contributed by atoms with E-state index in [4.69, 9.17) is 0 Å². The van der Waals surface area contributed by atoms with Gasteiger partial charge in [0.1, 0.15) is 0 Å². The maximum Gasteiger partial charge on any atom is 0.0573 e. The normalized spacial score (nSPS) is 47.6. The van der Waals surface area contributed by atoms with E-state index >= 15 is 0 Å². The average molecular weight is 212 g/mol. The summed E-state index contributed by atoms with van der Waals surface area (Å²) in [5.41, 5.74) is 0.291. The van der Waals surface area contributed by atoms with Crippen molar-refractivity contribution in [1.29, 1.82) is 0 Å². The minimum atomic E-state index is -0.0837. The summed E-state index contributed by atoms with van der Waals surface area (Å²) in [5, 5.41) is 19.4. The van der Waals surface area contributed by atoms with Crippen LogP contribution in [-0.4, -0.2) is 22.9 Å². The van der Waals surface area contributed by atoms with E-state index in [9.17, 15) is 10.2 Å². The third-order valence-electron chi connectivity index (χ3n) is 5.14. The topological polar surface area (TPSA) is 40.5 Å². The summed E-state index contributed by atoms with van der Waals surface area (Å²) in [5.74, 6) is 1.50. The van der Waals surface area contributed by atoms with Gasteiger partial charge in [0.15, 0.2) is 0 Å². The average Bonchev–Trinajstić information content (AvgIpc) is 2.56. The zero-order valence-electron chi connectivity index (χ0n) is 9.95. The van der Waals surface area contributed by atoms with Crippen LogP contribution >= 0.6 is 0 Å². The molecule has 0 heterocycles. The maximum absolute atomic E-state index is 10.1. The van der Waals surface area contributed by atoms with Crippen LogP contribution in [0.2, 0.25) is 0 Å². The van der Waals surface area contributed by atoms with Gasteiger partial charge in [-0.1, -0.05) is 20.3 Å². The number of rotatable bonds is 2. The van der Waals surface area contributed by atoms with Gasteiger partial charge < -0.3 is 10.2 Å². The van der Waals surface area contributed by atoms with Gasteiger partial charge in [0.05, 0.1) is 6.10 Å². The molecule has 2 fully saturated rings. The van der Waals surface area contributed by atoms with E-state index in [0.29, 0.717) is 29.8 Å². The molecule has 88 valence electrons. The quantitative estimate of drug-likeness (QED) is 0.736. The molecule has 2 aliphatic rings. The van der Waals surface area contributed by atoms with Crippen molar-refractivity contribution in [2.75, 3.05) is 6.61 Å². The molecule has 2 saturated carbocycles. The summed E-state index contributed by atoms with van der Waals surface area (Å²) in [6.45, 7) is 4.78. The van der Waals surface area contributed by atoms with Crippen molar-refractivity contribution in [2.24, 2.45) is 23.2 Å². The van der Waals surface area contributed by atoms with Gasteiger partial charge in [-0.05, 0) is 48.9 Å². The predicted molar refractivity (Wildman–Crippen MR) is 60.4 cm³/mol. The lowest BCUT2D eigenvalue weighted by molar-refractivity contribution is -0.0321. The van der Waals surface area contributed by atoms with E-state index in [1.807, 2.05) is 0 Å². The fraction of sp³-hybridized carbons (Fsp3) is 1.00. The number of fused-ring (bicyclic) bond motifs is 1. The summed E-state index contributed by atoms with van der Waals surface area (Å²) in [6.07, 6.45) is 5.65. The van der Waals surface area contributed by atoms with Gasteiger partial charge in [-0.15, -0.1) is 0 Å². The van der Waals surface area contributed by atoms with E-state index in [-0.39, 0.29) is 6.10 Å². The van der Waals surface area contributed by atoms with Crippen LogP contribution < -0.4 is 0 Å². The van der Waals surface area contributed by atoms with Crippen LogP contribution in [0.4, 0.5) is 0 Å². The van der Waals surface area contributed by atoms with Crippen LogP contribution in [0.15, 0.2) is 0 Å². The summed E-state index contributed by atoms with van der Waals surface area (Å²) >= 11 is 0. The van der Waals surface area contributed by atoms with Gasteiger partial charge in [-0.2, -0.15) is 0 Å². The molecule has 0 saturated heterocycles. The molecule has 0 spiro atoms. The number of hydrogen-bond donors (Lipinski definition) is 2. The number of hydrogen-bond acceptors (Lipinski definition) is 2. The first kappa shape index (κ1) is 11.4. The van der Waals surface area contributed by atoms with Gasteiger partial charge in [0, 0.05) is 6.61 Å². The van der Waals surface area contributed by atoms with E-state index < -0.39 is 0 Å². The Hall–Kier alpha value is -0.0800. The van der Waals surface area contributed by atoms with Gasteiger partial charge in [-0.25, -0.2) is 0 Å². The summed E-state index contributed by atoms with van der Waals surface area (Å²) in [6, 6.07) is 0. The molecule has 2 N–H and O–H groups in total. The second-order valence-corrected chi connectivity index (χ2v) is 5.92. The van der Waals surface area contributed by atoms with Crippen molar-refractivity contribution < 1.29 is 10.2 Å². The second-order valence-electron chi connectivity index (χ2n) is 5.92. The zero-order chi connectivity index (χ0) is 11.1. The van der Waals surface area contributed by atoms with Gasteiger partial charge >= 0.3 is 0 Å². The lowest BCUT2D eigenvalue weighted by Gasteiger charge is -2.45. The Labute approximate surface area is 92.7 Å². The molecular weight excluding hydrogens is 188 g/mol. The van der Waals surface area contributed by atoms with Crippen molar-refractivity contribution in [1.82, 2.24) is 0 Å². The van der Waals surface area contributed by atoms with Crippen molar-refractivity contribution in [2.45, 2.75) is 52.1 Å². The molecule has 5 atom stereocenters. The van der Waals surface area contributed by atoms with E-state index in [2.05, 4.69) is 13.8 Å². The highest BCUT2D eigenvalue weighted by Gasteiger charge is 2.51. The smallest absolute Gasteiger partial charge is 0.0573 e. The first-order valence-corrected chi connectivity index (χ1v) is 6.38. The molecular formula is C13H24O2. The Morgan fingerprint density at radius 3 is 2.73 bits per heavy atom.